The monoisotopic (exact) mass is 341 g/mol. The number of carbonyl (C=O) groups is 1. The molecule has 4 nitrogen and oxygen atoms in total. The zero-order chi connectivity index (χ0) is 17.9. The van der Waals surface area contributed by atoms with Crippen molar-refractivity contribution in [2.45, 2.75) is 39.0 Å². The number of amides is 1. The van der Waals surface area contributed by atoms with E-state index in [9.17, 15) is 4.79 Å². The molecule has 0 bridgehead atoms. The second kappa shape index (κ2) is 10.4. The second-order valence-corrected chi connectivity index (χ2v) is 5.97. The van der Waals surface area contributed by atoms with Crippen molar-refractivity contribution in [3.63, 3.8) is 0 Å². The van der Waals surface area contributed by atoms with Crippen LogP contribution in [0.25, 0.3) is 0 Å². The van der Waals surface area contributed by atoms with Gasteiger partial charge in [-0.15, -0.1) is 0 Å². The van der Waals surface area contributed by atoms with Crippen LogP contribution in [-0.4, -0.2) is 19.6 Å². The summed E-state index contributed by atoms with van der Waals surface area (Å²) >= 11 is 0. The molecular formula is C21H27NO3. The van der Waals surface area contributed by atoms with E-state index < -0.39 is 0 Å². The number of benzene rings is 2. The maximum atomic E-state index is 12.3. The molecule has 134 valence electrons. The Morgan fingerprint density at radius 3 is 2.16 bits per heavy atom. The molecule has 0 atom stereocenters. The Kier molecular flexibility index (Phi) is 7.83. The first-order valence-corrected chi connectivity index (χ1v) is 8.91. The predicted octanol–water partition coefficient (Wildman–Crippen LogP) is 5.30. The van der Waals surface area contributed by atoms with Crippen LogP contribution in [0.3, 0.4) is 0 Å². The molecule has 0 fully saturated rings. The molecule has 0 aliphatic rings. The minimum atomic E-state index is -0.142. The van der Waals surface area contributed by atoms with Crippen molar-refractivity contribution < 1.29 is 14.3 Å². The average Bonchev–Trinajstić information content (AvgIpc) is 2.65. The molecule has 25 heavy (non-hydrogen) atoms. The highest BCUT2D eigenvalue weighted by Crippen LogP contribution is 2.17. The fourth-order valence-corrected chi connectivity index (χ4v) is 2.48. The normalized spacial score (nSPS) is 10.3. The van der Waals surface area contributed by atoms with Gasteiger partial charge in [0.2, 0.25) is 0 Å². The Morgan fingerprint density at radius 2 is 1.52 bits per heavy atom. The summed E-state index contributed by atoms with van der Waals surface area (Å²) in [5.41, 5.74) is 1.34. The lowest BCUT2D eigenvalue weighted by atomic mass is 10.1. The fraction of sp³-hybridized carbons (Fsp3) is 0.381. The highest BCUT2D eigenvalue weighted by molar-refractivity contribution is 6.04. The van der Waals surface area contributed by atoms with Gasteiger partial charge in [0.1, 0.15) is 11.5 Å². The summed E-state index contributed by atoms with van der Waals surface area (Å²) < 4.78 is 10.8. The van der Waals surface area contributed by atoms with E-state index in [1.54, 1.807) is 19.2 Å². The summed E-state index contributed by atoms with van der Waals surface area (Å²) in [6, 6.07) is 14.5. The van der Waals surface area contributed by atoms with Crippen molar-refractivity contribution in [3.8, 4) is 11.5 Å². The Hall–Kier alpha value is -2.49. The highest BCUT2D eigenvalue weighted by Gasteiger charge is 2.06. The quantitative estimate of drug-likeness (QED) is 0.597. The van der Waals surface area contributed by atoms with E-state index in [0.29, 0.717) is 5.56 Å². The van der Waals surface area contributed by atoms with Gasteiger partial charge in [-0.05, 0) is 55.0 Å². The second-order valence-electron chi connectivity index (χ2n) is 5.97. The van der Waals surface area contributed by atoms with Gasteiger partial charge in [-0.1, -0.05) is 32.6 Å². The summed E-state index contributed by atoms with van der Waals surface area (Å²) in [5, 5.41) is 2.87. The van der Waals surface area contributed by atoms with Crippen LogP contribution in [0.5, 0.6) is 11.5 Å². The maximum Gasteiger partial charge on any atom is 0.255 e. The third kappa shape index (κ3) is 6.49. The number of nitrogens with one attached hydrogen (secondary N) is 1. The molecule has 0 aliphatic carbocycles. The van der Waals surface area contributed by atoms with Crippen LogP contribution in [0.1, 0.15) is 49.4 Å². The van der Waals surface area contributed by atoms with Gasteiger partial charge < -0.3 is 14.8 Å². The van der Waals surface area contributed by atoms with Gasteiger partial charge >= 0.3 is 0 Å². The Balaban J connectivity index is 1.79. The lowest BCUT2D eigenvalue weighted by molar-refractivity contribution is 0.102. The number of rotatable bonds is 10. The molecule has 2 rings (SSSR count). The van der Waals surface area contributed by atoms with Crippen molar-refractivity contribution in [2.24, 2.45) is 0 Å². The van der Waals surface area contributed by atoms with E-state index >= 15 is 0 Å². The molecule has 0 heterocycles. The molecule has 0 unspecified atom stereocenters. The molecule has 4 heteroatoms. The maximum absolute atomic E-state index is 12.3. The summed E-state index contributed by atoms with van der Waals surface area (Å²) in [7, 11) is 1.61. The topological polar surface area (TPSA) is 47.6 Å². The highest BCUT2D eigenvalue weighted by atomic mass is 16.5. The van der Waals surface area contributed by atoms with Gasteiger partial charge in [0.15, 0.2) is 0 Å². The van der Waals surface area contributed by atoms with Crippen LogP contribution in [0, 0.1) is 0 Å². The molecule has 2 aromatic carbocycles. The molecule has 0 radical (unpaired) electrons. The van der Waals surface area contributed by atoms with Gasteiger partial charge in [0.25, 0.3) is 5.91 Å². The van der Waals surface area contributed by atoms with Gasteiger partial charge in [-0.3, -0.25) is 4.79 Å². The van der Waals surface area contributed by atoms with Gasteiger partial charge in [-0.25, -0.2) is 0 Å². The number of anilines is 1. The Bertz CT molecular complexity index is 635. The number of methoxy groups -OCH3 is 1. The van der Waals surface area contributed by atoms with Crippen LogP contribution in [-0.2, 0) is 0 Å². The first-order chi connectivity index (χ1) is 12.2. The number of unbranched alkanes of at least 4 members (excludes halogenated alkanes) is 4. The van der Waals surface area contributed by atoms with Crippen LogP contribution >= 0.6 is 0 Å². The molecule has 0 saturated heterocycles. The predicted molar refractivity (Wildman–Crippen MR) is 102 cm³/mol. The zero-order valence-corrected chi connectivity index (χ0v) is 15.1. The smallest absolute Gasteiger partial charge is 0.255 e. The molecule has 1 amide bonds. The fourth-order valence-electron chi connectivity index (χ4n) is 2.48. The largest absolute Gasteiger partial charge is 0.497 e. The lowest BCUT2D eigenvalue weighted by Gasteiger charge is -2.08. The van der Waals surface area contributed by atoms with Crippen LogP contribution in [0.2, 0.25) is 0 Å². The molecule has 0 spiro atoms. The van der Waals surface area contributed by atoms with Crippen molar-refractivity contribution in [1.82, 2.24) is 0 Å². The summed E-state index contributed by atoms with van der Waals surface area (Å²) in [6.07, 6.45) is 6.08. The number of hydrogen-bond donors (Lipinski definition) is 1. The van der Waals surface area contributed by atoms with Crippen molar-refractivity contribution in [1.29, 1.82) is 0 Å². The third-order valence-corrected chi connectivity index (χ3v) is 3.98. The van der Waals surface area contributed by atoms with E-state index in [-0.39, 0.29) is 5.91 Å². The minimum Gasteiger partial charge on any atom is -0.497 e. The van der Waals surface area contributed by atoms with Gasteiger partial charge in [0, 0.05) is 11.3 Å². The Labute approximate surface area is 150 Å². The van der Waals surface area contributed by atoms with Crippen molar-refractivity contribution >= 4 is 11.6 Å². The number of ether oxygens (including phenoxy) is 2. The standard InChI is InChI=1S/C21H27NO3/c1-3-4-5-6-7-16-25-20-12-8-17(9-13-20)21(23)22-18-10-14-19(24-2)15-11-18/h8-15H,3-7,16H2,1-2H3,(H,22,23). The first-order valence-electron chi connectivity index (χ1n) is 8.91. The van der Waals surface area contributed by atoms with E-state index in [1.165, 1.54) is 25.7 Å². The molecule has 0 aromatic heterocycles. The first kappa shape index (κ1) is 18.8. The SMILES string of the molecule is CCCCCCCOc1ccc(C(=O)Nc2ccc(OC)cc2)cc1. The van der Waals surface area contributed by atoms with Crippen LogP contribution in [0.15, 0.2) is 48.5 Å². The number of hydrogen-bond acceptors (Lipinski definition) is 3. The van der Waals surface area contributed by atoms with E-state index in [2.05, 4.69) is 12.2 Å². The summed E-state index contributed by atoms with van der Waals surface area (Å²) in [5.74, 6) is 1.42. The number of carbonyl (C=O) groups excluding carboxylic acids is 1. The Morgan fingerprint density at radius 1 is 0.880 bits per heavy atom. The van der Waals surface area contributed by atoms with Crippen molar-refractivity contribution in [2.75, 3.05) is 19.0 Å². The van der Waals surface area contributed by atoms with E-state index in [0.717, 1.165) is 30.2 Å². The molecular weight excluding hydrogens is 314 g/mol. The van der Waals surface area contributed by atoms with Gasteiger partial charge in [0.05, 0.1) is 13.7 Å². The summed E-state index contributed by atoms with van der Waals surface area (Å²) in [6.45, 7) is 2.93. The minimum absolute atomic E-state index is 0.142. The van der Waals surface area contributed by atoms with E-state index in [4.69, 9.17) is 9.47 Å². The average molecular weight is 341 g/mol. The van der Waals surface area contributed by atoms with Crippen molar-refractivity contribution in [3.05, 3.63) is 54.1 Å². The van der Waals surface area contributed by atoms with E-state index in [1.807, 2.05) is 36.4 Å². The molecule has 1 N–H and O–H groups in total. The summed E-state index contributed by atoms with van der Waals surface area (Å²) in [4.78, 5) is 12.3. The molecule has 0 saturated carbocycles. The molecule has 2 aromatic rings. The molecule has 0 aliphatic heterocycles. The third-order valence-electron chi connectivity index (χ3n) is 3.98. The van der Waals surface area contributed by atoms with Crippen LogP contribution < -0.4 is 14.8 Å². The van der Waals surface area contributed by atoms with Crippen LogP contribution in [0.4, 0.5) is 5.69 Å². The lowest BCUT2D eigenvalue weighted by Crippen LogP contribution is -2.11. The zero-order valence-electron chi connectivity index (χ0n) is 15.1. The van der Waals surface area contributed by atoms with Gasteiger partial charge in [-0.2, -0.15) is 0 Å².